The molecule has 9 nitrogen and oxygen atoms in total. The number of hydrogen-bond donors (Lipinski definition) is 0. The molecule has 2 aliphatic rings. The van der Waals surface area contributed by atoms with Gasteiger partial charge in [0.15, 0.2) is 11.6 Å². The van der Waals surface area contributed by atoms with E-state index in [-0.39, 0.29) is 11.9 Å². The maximum atomic E-state index is 12.8. The summed E-state index contributed by atoms with van der Waals surface area (Å²) in [4.78, 5) is 38.9. The molecule has 9 heteroatoms. The Morgan fingerprint density at radius 1 is 1.11 bits per heavy atom. The van der Waals surface area contributed by atoms with Crippen LogP contribution in [0.4, 0.5) is 11.5 Å². The van der Waals surface area contributed by atoms with E-state index in [2.05, 4.69) is 24.8 Å². The number of amides is 1. The van der Waals surface area contributed by atoms with Gasteiger partial charge in [-0.2, -0.15) is 4.98 Å². The summed E-state index contributed by atoms with van der Waals surface area (Å²) in [7, 11) is 1.79. The van der Waals surface area contributed by atoms with E-state index < -0.39 is 0 Å². The van der Waals surface area contributed by atoms with Crippen molar-refractivity contribution in [2.75, 3.05) is 16.8 Å². The molecule has 5 rings (SSSR count). The molecular weight excluding hydrogens is 356 g/mol. The minimum absolute atomic E-state index is 0.0983. The highest BCUT2D eigenvalue weighted by Crippen LogP contribution is 2.41. The van der Waals surface area contributed by atoms with Gasteiger partial charge < -0.3 is 9.80 Å². The van der Waals surface area contributed by atoms with Crippen molar-refractivity contribution in [1.29, 1.82) is 0 Å². The Labute approximate surface area is 162 Å². The molecule has 4 heterocycles. The van der Waals surface area contributed by atoms with E-state index in [1.807, 2.05) is 13.1 Å². The molecule has 142 valence electrons. The Bertz CT molecular complexity index is 1030. The highest BCUT2D eigenvalue weighted by Gasteiger charge is 2.44. The second-order valence-electron chi connectivity index (χ2n) is 7.05. The lowest BCUT2D eigenvalue weighted by Crippen LogP contribution is -2.53. The molecule has 0 bridgehead atoms. The summed E-state index contributed by atoms with van der Waals surface area (Å²) < 4.78 is 1.80. The molecular formula is C19H20N8O. The van der Waals surface area contributed by atoms with Crippen LogP contribution in [0.25, 0.3) is 17.5 Å². The molecule has 0 N–H and O–H groups in total. The third-order valence-electron chi connectivity index (χ3n) is 5.27. The van der Waals surface area contributed by atoms with Gasteiger partial charge in [0.25, 0.3) is 0 Å². The van der Waals surface area contributed by atoms with Gasteiger partial charge in [0.1, 0.15) is 17.4 Å². The Morgan fingerprint density at radius 3 is 2.68 bits per heavy atom. The number of carbonyl (C=O) groups excluding carboxylic acids is 1. The average Bonchev–Trinajstić information content (AvgIpc) is 3.45. The minimum atomic E-state index is -0.185. The number of carbonyl (C=O) groups is 1. The maximum absolute atomic E-state index is 12.8. The number of imidazole rings is 1. The topological polar surface area (TPSA) is 92.9 Å². The van der Waals surface area contributed by atoms with Gasteiger partial charge in [-0.05, 0) is 19.3 Å². The summed E-state index contributed by atoms with van der Waals surface area (Å²) in [5, 5.41) is 0. The van der Waals surface area contributed by atoms with Crippen molar-refractivity contribution in [2.24, 2.45) is 0 Å². The number of hydrogen-bond acceptors (Lipinski definition) is 7. The number of likely N-dealkylation sites (N-methyl/N-ethyl adjacent to an activating group) is 1. The van der Waals surface area contributed by atoms with Crippen LogP contribution in [0.1, 0.15) is 26.2 Å². The molecule has 0 aromatic carbocycles. The van der Waals surface area contributed by atoms with E-state index in [4.69, 9.17) is 4.98 Å². The third-order valence-corrected chi connectivity index (χ3v) is 5.27. The first-order valence-electron chi connectivity index (χ1n) is 9.42. The lowest BCUT2D eigenvalue weighted by atomic mass is 10.1. The highest BCUT2D eigenvalue weighted by molar-refractivity contribution is 6.04. The smallest absolute Gasteiger partial charge is 0.249 e. The zero-order chi connectivity index (χ0) is 19.3. The van der Waals surface area contributed by atoms with Gasteiger partial charge in [0, 0.05) is 37.9 Å². The zero-order valence-electron chi connectivity index (χ0n) is 15.7. The van der Waals surface area contributed by atoms with E-state index in [9.17, 15) is 4.79 Å². The maximum Gasteiger partial charge on any atom is 0.249 e. The standard InChI is InChI=1S/C19H20N8O/c1-3-14-18(28)25(2)15-11-23-19(24-17(15)27(14)12-4-5-12)26-9-8-22-16(26)13-10-20-6-7-21-13/h6-12,14H,3-5H2,1-2H3/t14-/m1/s1. The summed E-state index contributed by atoms with van der Waals surface area (Å²) >= 11 is 0. The molecule has 0 saturated heterocycles. The molecule has 0 radical (unpaired) electrons. The van der Waals surface area contributed by atoms with E-state index in [1.54, 1.807) is 47.5 Å². The Balaban J connectivity index is 1.63. The highest BCUT2D eigenvalue weighted by atomic mass is 16.2. The normalized spacial score (nSPS) is 19.1. The number of fused-ring (bicyclic) bond motifs is 1. The lowest BCUT2D eigenvalue weighted by molar-refractivity contribution is -0.120. The van der Waals surface area contributed by atoms with Crippen molar-refractivity contribution >= 4 is 17.4 Å². The van der Waals surface area contributed by atoms with Crippen LogP contribution in [0, 0.1) is 0 Å². The van der Waals surface area contributed by atoms with E-state index in [1.165, 1.54) is 0 Å². The molecule has 1 fully saturated rings. The van der Waals surface area contributed by atoms with Gasteiger partial charge in [0.05, 0.1) is 12.4 Å². The van der Waals surface area contributed by atoms with Crippen LogP contribution in [-0.4, -0.2) is 54.5 Å². The Hall–Kier alpha value is -3.36. The van der Waals surface area contributed by atoms with Gasteiger partial charge in [-0.3, -0.25) is 14.3 Å². The number of rotatable bonds is 4. The molecule has 1 atom stereocenters. The molecule has 28 heavy (non-hydrogen) atoms. The molecule has 1 saturated carbocycles. The summed E-state index contributed by atoms with van der Waals surface area (Å²) in [6, 6.07) is 0.182. The Morgan fingerprint density at radius 2 is 1.96 bits per heavy atom. The summed E-state index contributed by atoms with van der Waals surface area (Å²) in [5.74, 6) is 2.03. The SMILES string of the molecule is CC[C@@H]1C(=O)N(C)c2cnc(-n3ccnc3-c3cnccn3)nc2N1C1CC1. The summed E-state index contributed by atoms with van der Waals surface area (Å²) in [6.45, 7) is 2.04. The minimum Gasteiger partial charge on any atom is -0.340 e. The first-order chi connectivity index (χ1) is 13.7. The monoisotopic (exact) mass is 376 g/mol. The number of aromatic nitrogens is 6. The predicted molar refractivity (Wildman–Crippen MR) is 103 cm³/mol. The second kappa shape index (κ2) is 6.36. The van der Waals surface area contributed by atoms with Crippen molar-refractivity contribution in [2.45, 2.75) is 38.3 Å². The second-order valence-corrected chi connectivity index (χ2v) is 7.05. The van der Waals surface area contributed by atoms with Crippen LogP contribution in [0.2, 0.25) is 0 Å². The summed E-state index contributed by atoms with van der Waals surface area (Å²) in [5.41, 5.74) is 1.39. The van der Waals surface area contributed by atoms with E-state index in [0.29, 0.717) is 23.5 Å². The van der Waals surface area contributed by atoms with Crippen molar-refractivity contribution in [1.82, 2.24) is 29.5 Å². The molecule has 1 aliphatic carbocycles. The van der Waals surface area contributed by atoms with Gasteiger partial charge >= 0.3 is 0 Å². The number of nitrogens with zero attached hydrogens (tertiary/aromatic N) is 8. The lowest BCUT2D eigenvalue weighted by Gasteiger charge is -2.40. The van der Waals surface area contributed by atoms with Crippen molar-refractivity contribution in [3.63, 3.8) is 0 Å². The fraction of sp³-hybridized carbons (Fsp3) is 0.368. The van der Waals surface area contributed by atoms with Crippen LogP contribution in [0.5, 0.6) is 0 Å². The fourth-order valence-corrected chi connectivity index (χ4v) is 3.73. The molecule has 3 aromatic heterocycles. The fourth-order valence-electron chi connectivity index (χ4n) is 3.73. The molecule has 1 aliphatic heterocycles. The van der Waals surface area contributed by atoms with Gasteiger partial charge in [0.2, 0.25) is 11.9 Å². The summed E-state index contributed by atoms with van der Waals surface area (Å²) in [6.07, 6.45) is 13.0. The van der Waals surface area contributed by atoms with Gasteiger partial charge in [-0.1, -0.05) is 6.92 Å². The predicted octanol–water partition coefficient (Wildman–Crippen LogP) is 1.84. The average molecular weight is 376 g/mol. The van der Waals surface area contributed by atoms with E-state index in [0.717, 1.165) is 30.8 Å². The molecule has 0 spiro atoms. The van der Waals surface area contributed by atoms with Crippen molar-refractivity contribution in [3.05, 3.63) is 37.2 Å². The van der Waals surface area contributed by atoms with Gasteiger partial charge in [-0.25, -0.2) is 15.0 Å². The zero-order valence-corrected chi connectivity index (χ0v) is 15.7. The largest absolute Gasteiger partial charge is 0.340 e. The quantitative estimate of drug-likeness (QED) is 0.686. The van der Waals surface area contributed by atoms with Crippen LogP contribution < -0.4 is 9.80 Å². The van der Waals surface area contributed by atoms with Crippen LogP contribution in [-0.2, 0) is 4.79 Å². The molecule has 1 amide bonds. The number of anilines is 2. The van der Waals surface area contributed by atoms with Crippen LogP contribution in [0.15, 0.2) is 37.2 Å². The Kier molecular flexibility index (Phi) is 3.81. The third kappa shape index (κ3) is 2.54. The first kappa shape index (κ1) is 16.8. The first-order valence-corrected chi connectivity index (χ1v) is 9.42. The molecule has 3 aromatic rings. The van der Waals surface area contributed by atoms with Gasteiger partial charge in [-0.15, -0.1) is 0 Å². The van der Waals surface area contributed by atoms with Crippen LogP contribution >= 0.6 is 0 Å². The van der Waals surface area contributed by atoms with Crippen LogP contribution in [0.3, 0.4) is 0 Å². The van der Waals surface area contributed by atoms with E-state index >= 15 is 0 Å². The molecule has 0 unspecified atom stereocenters. The van der Waals surface area contributed by atoms with Crippen molar-refractivity contribution in [3.8, 4) is 17.5 Å². The van der Waals surface area contributed by atoms with Crippen molar-refractivity contribution < 1.29 is 4.79 Å².